The molecule has 0 saturated carbocycles. The standard InChI is InChI=1S/C25H21N3O3/c1-17-22(24(30)28(26(17)2)19-13-7-4-8-14-19)27-23(29)20-15-9-10-16-21(20)25(27,31)18-11-5-3-6-12-18/h3-16,31H,1-2H3/t25-/m1/s1. The number of hydrogen-bond donors (Lipinski definition) is 1. The van der Waals surface area contributed by atoms with Gasteiger partial charge in [-0.25, -0.2) is 4.68 Å². The van der Waals surface area contributed by atoms with Crippen molar-refractivity contribution in [3.63, 3.8) is 0 Å². The van der Waals surface area contributed by atoms with Gasteiger partial charge in [-0.2, -0.15) is 0 Å². The third-order valence-corrected chi connectivity index (χ3v) is 5.98. The molecule has 0 radical (unpaired) electrons. The number of benzene rings is 3. The Balaban J connectivity index is 1.82. The molecule has 4 aromatic rings. The van der Waals surface area contributed by atoms with Crippen LogP contribution in [0.15, 0.2) is 89.7 Å². The molecule has 0 aliphatic carbocycles. The van der Waals surface area contributed by atoms with Gasteiger partial charge < -0.3 is 5.11 Å². The van der Waals surface area contributed by atoms with Crippen LogP contribution < -0.4 is 10.5 Å². The van der Waals surface area contributed by atoms with E-state index in [1.165, 1.54) is 9.58 Å². The van der Waals surface area contributed by atoms with Crippen molar-refractivity contribution in [3.05, 3.63) is 118 Å². The van der Waals surface area contributed by atoms with Gasteiger partial charge in [-0.05, 0) is 25.1 Å². The van der Waals surface area contributed by atoms with E-state index in [2.05, 4.69) is 0 Å². The van der Waals surface area contributed by atoms with Crippen LogP contribution in [0.3, 0.4) is 0 Å². The molecule has 0 bridgehead atoms. The molecule has 31 heavy (non-hydrogen) atoms. The minimum Gasteiger partial charge on any atom is -0.363 e. The minimum atomic E-state index is -1.80. The second kappa shape index (κ2) is 6.82. The number of nitrogens with zero attached hydrogens (tertiary/aromatic N) is 3. The van der Waals surface area contributed by atoms with Crippen LogP contribution in [0.25, 0.3) is 5.69 Å². The van der Waals surface area contributed by atoms with E-state index in [0.717, 1.165) is 0 Å². The summed E-state index contributed by atoms with van der Waals surface area (Å²) in [6.07, 6.45) is 0. The third-order valence-electron chi connectivity index (χ3n) is 5.98. The summed E-state index contributed by atoms with van der Waals surface area (Å²) < 4.78 is 3.21. The second-order valence-electron chi connectivity index (χ2n) is 7.63. The van der Waals surface area contributed by atoms with E-state index < -0.39 is 11.6 Å². The molecule has 2 heterocycles. The first-order valence-electron chi connectivity index (χ1n) is 10.0. The molecule has 6 heteroatoms. The lowest BCUT2D eigenvalue weighted by atomic mass is 9.93. The van der Waals surface area contributed by atoms with Gasteiger partial charge in [0.2, 0.25) is 0 Å². The van der Waals surface area contributed by atoms with E-state index in [1.807, 2.05) is 36.4 Å². The summed E-state index contributed by atoms with van der Waals surface area (Å²) >= 11 is 0. The largest absolute Gasteiger partial charge is 0.363 e. The smallest absolute Gasteiger partial charge is 0.295 e. The molecular weight excluding hydrogens is 390 g/mol. The van der Waals surface area contributed by atoms with Crippen LogP contribution in [0.5, 0.6) is 0 Å². The van der Waals surface area contributed by atoms with Crippen LogP contribution in [0.4, 0.5) is 5.69 Å². The SMILES string of the molecule is Cc1c(N2C(=O)c3ccccc3[C@]2(O)c2ccccc2)c(=O)n(-c2ccccc2)n1C. The minimum absolute atomic E-state index is 0.152. The molecule has 0 unspecified atom stereocenters. The van der Waals surface area contributed by atoms with Crippen molar-refractivity contribution in [1.29, 1.82) is 0 Å². The number of amides is 1. The van der Waals surface area contributed by atoms with Crippen LogP contribution in [-0.2, 0) is 12.8 Å². The molecular formula is C25H21N3O3. The van der Waals surface area contributed by atoms with Gasteiger partial charge in [0.25, 0.3) is 11.5 Å². The molecule has 0 spiro atoms. The Morgan fingerprint density at radius 2 is 1.39 bits per heavy atom. The fraction of sp³-hybridized carbons (Fsp3) is 0.120. The number of anilines is 1. The molecule has 0 fully saturated rings. The summed E-state index contributed by atoms with van der Waals surface area (Å²) in [4.78, 5) is 28.4. The number of para-hydroxylation sites is 1. The van der Waals surface area contributed by atoms with Gasteiger partial charge in [0.05, 0.1) is 11.4 Å². The maximum atomic E-state index is 13.7. The first-order chi connectivity index (χ1) is 15.0. The lowest BCUT2D eigenvalue weighted by molar-refractivity contribution is 0.0701. The van der Waals surface area contributed by atoms with Gasteiger partial charge in [-0.15, -0.1) is 0 Å². The number of aliphatic hydroxyl groups is 1. The molecule has 3 aromatic carbocycles. The fourth-order valence-electron chi connectivity index (χ4n) is 4.39. The van der Waals surface area contributed by atoms with Crippen LogP contribution in [0, 0.1) is 6.92 Å². The van der Waals surface area contributed by atoms with Gasteiger partial charge in [-0.1, -0.05) is 66.7 Å². The van der Waals surface area contributed by atoms with E-state index in [4.69, 9.17) is 0 Å². The molecule has 5 rings (SSSR count). The molecule has 1 N–H and O–H groups in total. The average Bonchev–Trinajstić information content (AvgIpc) is 3.16. The van der Waals surface area contributed by atoms with Crippen LogP contribution in [-0.4, -0.2) is 20.4 Å². The zero-order valence-corrected chi connectivity index (χ0v) is 17.2. The number of carbonyl (C=O) groups is 1. The van der Waals surface area contributed by atoms with E-state index in [-0.39, 0.29) is 11.2 Å². The van der Waals surface area contributed by atoms with Crippen LogP contribution in [0.2, 0.25) is 0 Å². The highest BCUT2D eigenvalue weighted by Crippen LogP contribution is 2.44. The van der Waals surface area contributed by atoms with Gasteiger partial charge in [-0.3, -0.25) is 19.2 Å². The lowest BCUT2D eigenvalue weighted by Crippen LogP contribution is -2.47. The van der Waals surface area contributed by atoms with Crippen molar-refractivity contribution < 1.29 is 9.90 Å². The molecule has 0 saturated heterocycles. The Bertz CT molecular complexity index is 1360. The van der Waals surface area contributed by atoms with Crippen molar-refractivity contribution in [2.45, 2.75) is 12.6 Å². The quantitative estimate of drug-likeness (QED) is 0.562. The van der Waals surface area contributed by atoms with Gasteiger partial charge in [0.1, 0.15) is 5.69 Å². The zero-order valence-electron chi connectivity index (χ0n) is 17.2. The Hall–Kier alpha value is -3.90. The summed E-state index contributed by atoms with van der Waals surface area (Å²) in [5, 5.41) is 12.1. The highest BCUT2D eigenvalue weighted by Gasteiger charge is 2.52. The maximum absolute atomic E-state index is 13.7. The Morgan fingerprint density at radius 1 is 0.806 bits per heavy atom. The normalized spacial score (nSPS) is 17.8. The molecule has 1 aromatic heterocycles. The Morgan fingerprint density at radius 3 is 2.06 bits per heavy atom. The van der Waals surface area contributed by atoms with Gasteiger partial charge in [0, 0.05) is 23.7 Å². The fourth-order valence-corrected chi connectivity index (χ4v) is 4.39. The molecule has 1 amide bonds. The summed E-state index contributed by atoms with van der Waals surface area (Å²) in [7, 11) is 1.77. The topological polar surface area (TPSA) is 67.5 Å². The summed E-state index contributed by atoms with van der Waals surface area (Å²) in [6.45, 7) is 1.78. The number of hydrogen-bond acceptors (Lipinski definition) is 3. The second-order valence-corrected chi connectivity index (χ2v) is 7.63. The van der Waals surface area contributed by atoms with E-state index in [1.54, 1.807) is 67.2 Å². The predicted molar refractivity (Wildman–Crippen MR) is 118 cm³/mol. The van der Waals surface area contributed by atoms with E-state index in [9.17, 15) is 14.7 Å². The molecule has 1 aliphatic rings. The summed E-state index contributed by atoms with van der Waals surface area (Å²) in [5.41, 5.74) is 0.584. The van der Waals surface area contributed by atoms with Crippen molar-refractivity contribution in [2.24, 2.45) is 7.05 Å². The number of rotatable bonds is 3. The van der Waals surface area contributed by atoms with Gasteiger partial charge in [0.15, 0.2) is 5.72 Å². The van der Waals surface area contributed by atoms with E-state index >= 15 is 0 Å². The number of aromatic nitrogens is 2. The first-order valence-corrected chi connectivity index (χ1v) is 10.0. The van der Waals surface area contributed by atoms with Crippen LogP contribution in [0.1, 0.15) is 27.2 Å². The number of carbonyl (C=O) groups excluding carboxylic acids is 1. The first kappa shape index (κ1) is 19.1. The highest BCUT2D eigenvalue weighted by atomic mass is 16.3. The summed E-state index contributed by atoms with van der Waals surface area (Å²) in [6, 6.07) is 25.1. The third kappa shape index (κ3) is 2.55. The van der Waals surface area contributed by atoms with Crippen molar-refractivity contribution in [3.8, 4) is 5.69 Å². The predicted octanol–water partition coefficient (Wildman–Crippen LogP) is 3.34. The lowest BCUT2D eigenvalue weighted by Gasteiger charge is -2.34. The highest BCUT2D eigenvalue weighted by molar-refractivity contribution is 6.12. The monoisotopic (exact) mass is 411 g/mol. The average molecular weight is 411 g/mol. The van der Waals surface area contributed by atoms with Crippen molar-refractivity contribution in [1.82, 2.24) is 9.36 Å². The Labute approximate surface area is 179 Å². The van der Waals surface area contributed by atoms with E-state index in [0.29, 0.717) is 28.1 Å². The Kier molecular flexibility index (Phi) is 4.20. The summed E-state index contributed by atoms with van der Waals surface area (Å²) in [5.74, 6) is -0.409. The molecule has 1 aliphatic heterocycles. The van der Waals surface area contributed by atoms with Gasteiger partial charge >= 0.3 is 0 Å². The van der Waals surface area contributed by atoms with Crippen molar-refractivity contribution in [2.75, 3.05) is 4.90 Å². The zero-order chi connectivity index (χ0) is 21.8. The van der Waals surface area contributed by atoms with Crippen LogP contribution >= 0.6 is 0 Å². The molecule has 1 atom stereocenters. The number of fused-ring (bicyclic) bond motifs is 1. The maximum Gasteiger partial charge on any atom is 0.295 e. The molecule has 6 nitrogen and oxygen atoms in total. The molecule has 154 valence electrons. The van der Waals surface area contributed by atoms with Crippen molar-refractivity contribution >= 4 is 11.6 Å².